The van der Waals surface area contributed by atoms with Crippen LogP contribution in [0.2, 0.25) is 0 Å². The van der Waals surface area contributed by atoms with Gasteiger partial charge in [-0.3, -0.25) is 0 Å². The van der Waals surface area contributed by atoms with E-state index in [4.69, 9.17) is 18.9 Å². The molecule has 2 aromatic carbocycles. The Bertz CT molecular complexity index is 899. The van der Waals surface area contributed by atoms with Crippen molar-refractivity contribution >= 4 is 16.2 Å². The minimum atomic E-state index is -3.81. The fraction of sp³-hybridized carbons (Fsp3) is 0.316. The van der Waals surface area contributed by atoms with Crippen LogP contribution in [0.15, 0.2) is 46.4 Å². The molecule has 0 atom stereocenters. The maximum Gasteiger partial charge on any atom is 0.276 e. The molecule has 0 saturated heterocycles. The number of sulfonamides is 1. The van der Waals surface area contributed by atoms with Crippen LogP contribution in [0.5, 0.6) is 23.0 Å². The van der Waals surface area contributed by atoms with Crippen molar-refractivity contribution < 1.29 is 27.4 Å². The number of benzene rings is 2. The lowest BCUT2D eigenvalue weighted by Crippen LogP contribution is -2.18. The van der Waals surface area contributed by atoms with Crippen LogP contribution in [0.25, 0.3) is 0 Å². The summed E-state index contributed by atoms with van der Waals surface area (Å²) in [6, 6.07) is 9.40. The van der Waals surface area contributed by atoms with E-state index >= 15 is 0 Å². The molecule has 0 bridgehead atoms. The van der Waals surface area contributed by atoms with Gasteiger partial charge in [0.25, 0.3) is 10.0 Å². The number of hydrogen-bond acceptors (Lipinski definition) is 7. The maximum absolute atomic E-state index is 12.4. The highest BCUT2D eigenvalue weighted by Gasteiger charge is 2.14. The third kappa shape index (κ3) is 5.29. The number of hydrazone groups is 1. The predicted octanol–water partition coefficient (Wildman–Crippen LogP) is 2.81. The van der Waals surface area contributed by atoms with Crippen molar-refractivity contribution in [2.75, 3.05) is 21.3 Å². The quantitative estimate of drug-likeness (QED) is 0.506. The Kier molecular flexibility index (Phi) is 7.11. The average Bonchev–Trinajstić information content (AvgIpc) is 2.66. The first-order chi connectivity index (χ1) is 13.3. The van der Waals surface area contributed by atoms with Crippen molar-refractivity contribution in [3.05, 3.63) is 42.0 Å². The van der Waals surface area contributed by atoms with Gasteiger partial charge in [-0.1, -0.05) is 0 Å². The Morgan fingerprint density at radius 1 is 0.964 bits per heavy atom. The highest BCUT2D eigenvalue weighted by atomic mass is 32.2. The Balaban J connectivity index is 2.17. The fourth-order valence-electron chi connectivity index (χ4n) is 2.37. The van der Waals surface area contributed by atoms with Crippen molar-refractivity contribution in [2.45, 2.75) is 24.8 Å². The van der Waals surface area contributed by atoms with Gasteiger partial charge in [0.05, 0.1) is 38.5 Å². The molecular weight excluding hydrogens is 384 g/mol. The second kappa shape index (κ2) is 9.32. The molecule has 0 aliphatic carbocycles. The van der Waals surface area contributed by atoms with Crippen LogP contribution < -0.4 is 23.8 Å². The van der Waals surface area contributed by atoms with Gasteiger partial charge < -0.3 is 18.9 Å². The van der Waals surface area contributed by atoms with Crippen LogP contribution in [-0.4, -0.2) is 42.1 Å². The Hall–Kier alpha value is -2.94. The zero-order valence-electron chi connectivity index (χ0n) is 16.4. The summed E-state index contributed by atoms with van der Waals surface area (Å²) in [5.41, 5.74) is 0.567. The molecular formula is C19H24N2O6S. The second-order valence-corrected chi connectivity index (χ2v) is 7.61. The Morgan fingerprint density at radius 2 is 1.54 bits per heavy atom. The first kappa shape index (κ1) is 21.4. The Morgan fingerprint density at radius 3 is 2.00 bits per heavy atom. The minimum Gasteiger partial charge on any atom is -0.493 e. The molecule has 0 aliphatic heterocycles. The molecule has 0 fully saturated rings. The molecule has 0 saturated carbocycles. The van der Waals surface area contributed by atoms with Gasteiger partial charge >= 0.3 is 0 Å². The normalized spacial score (nSPS) is 11.5. The summed E-state index contributed by atoms with van der Waals surface area (Å²) >= 11 is 0. The highest BCUT2D eigenvalue weighted by Crippen LogP contribution is 2.37. The van der Waals surface area contributed by atoms with Crippen LogP contribution in [0.4, 0.5) is 0 Å². The lowest BCUT2D eigenvalue weighted by molar-refractivity contribution is 0.242. The molecule has 28 heavy (non-hydrogen) atoms. The van der Waals surface area contributed by atoms with Crippen LogP contribution in [0.3, 0.4) is 0 Å². The summed E-state index contributed by atoms with van der Waals surface area (Å²) in [7, 11) is 0.677. The summed E-state index contributed by atoms with van der Waals surface area (Å²) < 4.78 is 46.0. The molecule has 0 aliphatic rings. The molecule has 0 aromatic heterocycles. The summed E-state index contributed by atoms with van der Waals surface area (Å²) in [6.07, 6.45) is 1.35. The van der Waals surface area contributed by atoms with Crippen molar-refractivity contribution in [3.63, 3.8) is 0 Å². The van der Waals surface area contributed by atoms with E-state index in [1.807, 2.05) is 13.8 Å². The van der Waals surface area contributed by atoms with Gasteiger partial charge in [-0.05, 0) is 50.2 Å². The smallest absolute Gasteiger partial charge is 0.276 e. The highest BCUT2D eigenvalue weighted by molar-refractivity contribution is 7.89. The van der Waals surface area contributed by atoms with Gasteiger partial charge in [-0.2, -0.15) is 13.5 Å². The van der Waals surface area contributed by atoms with Gasteiger partial charge in [-0.25, -0.2) is 4.83 Å². The zero-order valence-corrected chi connectivity index (χ0v) is 17.2. The molecule has 0 radical (unpaired) electrons. The number of rotatable bonds is 9. The van der Waals surface area contributed by atoms with Crippen LogP contribution in [-0.2, 0) is 10.0 Å². The molecule has 0 heterocycles. The summed E-state index contributed by atoms with van der Waals surface area (Å²) in [6.45, 7) is 3.79. The molecule has 0 spiro atoms. The van der Waals surface area contributed by atoms with Gasteiger partial charge in [-0.15, -0.1) is 0 Å². The lowest BCUT2D eigenvalue weighted by atomic mass is 10.2. The molecule has 0 unspecified atom stereocenters. The van der Waals surface area contributed by atoms with Crippen molar-refractivity contribution in [2.24, 2.45) is 5.10 Å². The summed E-state index contributed by atoms with van der Waals surface area (Å²) in [4.78, 5) is 2.25. The Labute approximate surface area is 165 Å². The molecule has 152 valence electrons. The number of methoxy groups -OCH3 is 3. The molecule has 0 amide bonds. The predicted molar refractivity (Wildman–Crippen MR) is 106 cm³/mol. The molecule has 2 rings (SSSR count). The third-order valence-electron chi connectivity index (χ3n) is 3.58. The summed E-state index contributed by atoms with van der Waals surface area (Å²) in [5, 5.41) is 3.82. The van der Waals surface area contributed by atoms with Gasteiger partial charge in [0.15, 0.2) is 11.5 Å². The number of nitrogens with zero attached hydrogens (tertiary/aromatic N) is 1. The molecule has 1 N–H and O–H groups in total. The fourth-order valence-corrected chi connectivity index (χ4v) is 3.16. The van der Waals surface area contributed by atoms with E-state index in [0.717, 1.165) is 0 Å². The first-order valence-electron chi connectivity index (χ1n) is 8.42. The van der Waals surface area contributed by atoms with E-state index in [0.29, 0.717) is 28.6 Å². The monoisotopic (exact) mass is 408 g/mol. The van der Waals surface area contributed by atoms with E-state index in [9.17, 15) is 8.42 Å². The second-order valence-electron chi connectivity index (χ2n) is 5.95. The average molecular weight is 408 g/mol. The van der Waals surface area contributed by atoms with E-state index < -0.39 is 10.0 Å². The van der Waals surface area contributed by atoms with Crippen LogP contribution >= 0.6 is 0 Å². The van der Waals surface area contributed by atoms with Crippen molar-refractivity contribution in [3.8, 4) is 23.0 Å². The number of hydrogen-bond donors (Lipinski definition) is 1. The van der Waals surface area contributed by atoms with E-state index in [1.165, 1.54) is 39.7 Å². The van der Waals surface area contributed by atoms with E-state index in [-0.39, 0.29) is 11.0 Å². The third-order valence-corrected chi connectivity index (χ3v) is 4.82. The largest absolute Gasteiger partial charge is 0.493 e. The van der Waals surface area contributed by atoms with Crippen molar-refractivity contribution in [1.82, 2.24) is 4.83 Å². The SMILES string of the molecule is COc1cc(/C=N/NS(=O)(=O)c2ccc(OC(C)C)cc2)cc(OC)c1OC. The molecule has 8 nitrogen and oxygen atoms in total. The maximum atomic E-state index is 12.4. The molecule has 9 heteroatoms. The van der Waals surface area contributed by atoms with E-state index in [2.05, 4.69) is 9.93 Å². The standard InChI is InChI=1S/C19H24N2O6S/c1-13(2)27-15-6-8-16(9-7-15)28(22,23)21-20-12-14-10-17(24-3)19(26-5)18(11-14)25-4/h6-13,21H,1-5H3/b20-12+. The van der Waals surface area contributed by atoms with E-state index in [1.54, 1.807) is 24.3 Å². The van der Waals surface area contributed by atoms with Gasteiger partial charge in [0.2, 0.25) is 5.75 Å². The number of nitrogens with one attached hydrogen (secondary N) is 1. The number of ether oxygens (including phenoxy) is 4. The topological polar surface area (TPSA) is 95.5 Å². The van der Waals surface area contributed by atoms with Crippen LogP contribution in [0.1, 0.15) is 19.4 Å². The van der Waals surface area contributed by atoms with Gasteiger partial charge in [0, 0.05) is 5.56 Å². The molecule has 2 aromatic rings. The first-order valence-corrected chi connectivity index (χ1v) is 9.90. The van der Waals surface area contributed by atoms with Gasteiger partial charge in [0.1, 0.15) is 5.75 Å². The minimum absolute atomic E-state index is 0.00339. The van der Waals surface area contributed by atoms with Crippen LogP contribution in [0, 0.1) is 0 Å². The summed E-state index contributed by atoms with van der Waals surface area (Å²) in [5.74, 6) is 1.90. The zero-order chi connectivity index (χ0) is 20.7. The van der Waals surface area contributed by atoms with Crippen molar-refractivity contribution in [1.29, 1.82) is 0 Å². The lowest BCUT2D eigenvalue weighted by Gasteiger charge is -2.12.